The van der Waals surface area contributed by atoms with Crippen LogP contribution in [0.1, 0.15) is 32.3 Å². The van der Waals surface area contributed by atoms with Crippen molar-refractivity contribution in [2.75, 3.05) is 17.2 Å². The number of nitrogen functional groups attached to an aromatic ring is 1. The molecule has 0 aromatic heterocycles. The van der Waals surface area contributed by atoms with Crippen LogP contribution in [0.2, 0.25) is 0 Å². The molecule has 0 saturated carbocycles. The summed E-state index contributed by atoms with van der Waals surface area (Å²) in [6.07, 6.45) is 2.58. The lowest BCUT2D eigenvalue weighted by molar-refractivity contribution is 0.378. The summed E-state index contributed by atoms with van der Waals surface area (Å²) in [6.45, 7) is 7.87. The van der Waals surface area contributed by atoms with Gasteiger partial charge < -0.3 is 10.6 Å². The van der Waals surface area contributed by atoms with Crippen molar-refractivity contribution in [3.63, 3.8) is 0 Å². The maximum atomic E-state index is 5.97. The molecule has 88 valence electrons. The molecule has 0 aliphatic carbocycles. The summed E-state index contributed by atoms with van der Waals surface area (Å²) in [4.78, 5) is 2.48. The summed E-state index contributed by atoms with van der Waals surface area (Å²) in [5, 5.41) is 0. The van der Waals surface area contributed by atoms with Crippen LogP contribution in [0.25, 0.3) is 0 Å². The quantitative estimate of drug-likeness (QED) is 0.733. The molecule has 2 atom stereocenters. The van der Waals surface area contributed by atoms with Crippen LogP contribution in [-0.2, 0) is 0 Å². The first-order chi connectivity index (χ1) is 7.58. The van der Waals surface area contributed by atoms with Gasteiger partial charge in [0.25, 0.3) is 0 Å². The van der Waals surface area contributed by atoms with Crippen LogP contribution in [0, 0.1) is 12.8 Å². The predicted molar refractivity (Wildman–Crippen MR) is 70.8 cm³/mol. The smallest absolute Gasteiger partial charge is 0.0389 e. The number of hydrogen-bond acceptors (Lipinski definition) is 2. The Morgan fingerprint density at radius 3 is 2.69 bits per heavy atom. The third-order valence-corrected chi connectivity index (χ3v) is 3.73. The van der Waals surface area contributed by atoms with Gasteiger partial charge in [-0.05, 0) is 50.3 Å². The lowest BCUT2D eigenvalue weighted by atomic mass is 9.93. The second-order valence-electron chi connectivity index (χ2n) is 5.21. The third kappa shape index (κ3) is 2.16. The van der Waals surface area contributed by atoms with Crippen LogP contribution in [0.15, 0.2) is 18.2 Å². The Labute approximate surface area is 98.4 Å². The molecule has 0 radical (unpaired) electrons. The molecular formula is C14H22N2. The van der Waals surface area contributed by atoms with E-state index in [1.807, 2.05) is 0 Å². The molecule has 1 heterocycles. The van der Waals surface area contributed by atoms with Crippen LogP contribution < -0.4 is 10.6 Å². The second-order valence-corrected chi connectivity index (χ2v) is 5.21. The number of rotatable bonds is 1. The molecule has 2 N–H and O–H groups in total. The Morgan fingerprint density at radius 2 is 2.06 bits per heavy atom. The van der Waals surface area contributed by atoms with E-state index in [4.69, 9.17) is 5.73 Å². The van der Waals surface area contributed by atoms with Crippen LogP contribution in [0.4, 0.5) is 11.4 Å². The highest BCUT2D eigenvalue weighted by Gasteiger charge is 2.22. The molecule has 1 aliphatic rings. The summed E-state index contributed by atoms with van der Waals surface area (Å²) in [7, 11) is 0. The first-order valence-corrected chi connectivity index (χ1v) is 6.20. The Kier molecular flexibility index (Phi) is 3.08. The van der Waals surface area contributed by atoms with E-state index in [2.05, 4.69) is 43.9 Å². The Balaban J connectivity index is 2.20. The van der Waals surface area contributed by atoms with Crippen molar-refractivity contribution in [2.45, 2.75) is 39.7 Å². The fourth-order valence-electron chi connectivity index (χ4n) is 2.60. The fourth-order valence-corrected chi connectivity index (χ4v) is 2.60. The van der Waals surface area contributed by atoms with E-state index in [0.717, 1.165) is 18.2 Å². The summed E-state index contributed by atoms with van der Waals surface area (Å²) < 4.78 is 0. The SMILES string of the molecule is Cc1ccc(N2CCC(C)CC2C)cc1N. The Morgan fingerprint density at radius 1 is 1.31 bits per heavy atom. The topological polar surface area (TPSA) is 29.3 Å². The van der Waals surface area contributed by atoms with Gasteiger partial charge in [-0.2, -0.15) is 0 Å². The monoisotopic (exact) mass is 218 g/mol. The Hall–Kier alpha value is -1.18. The van der Waals surface area contributed by atoms with Crippen molar-refractivity contribution in [2.24, 2.45) is 5.92 Å². The summed E-state index contributed by atoms with van der Waals surface area (Å²) in [5.41, 5.74) is 9.33. The van der Waals surface area contributed by atoms with Crippen molar-refractivity contribution >= 4 is 11.4 Å². The van der Waals surface area contributed by atoms with Gasteiger partial charge in [0.15, 0.2) is 0 Å². The molecule has 2 rings (SSSR count). The highest BCUT2D eigenvalue weighted by atomic mass is 15.2. The number of benzene rings is 1. The van der Waals surface area contributed by atoms with E-state index in [1.165, 1.54) is 24.1 Å². The highest BCUT2D eigenvalue weighted by molar-refractivity contribution is 5.60. The summed E-state index contributed by atoms with van der Waals surface area (Å²) in [5.74, 6) is 0.856. The number of piperidine rings is 1. The fraction of sp³-hybridized carbons (Fsp3) is 0.571. The maximum Gasteiger partial charge on any atom is 0.0389 e. The summed E-state index contributed by atoms with van der Waals surface area (Å²) in [6, 6.07) is 7.06. The number of hydrogen-bond donors (Lipinski definition) is 1. The van der Waals surface area contributed by atoms with E-state index < -0.39 is 0 Å². The molecular weight excluding hydrogens is 196 g/mol. The van der Waals surface area contributed by atoms with Gasteiger partial charge in [-0.15, -0.1) is 0 Å². The summed E-state index contributed by atoms with van der Waals surface area (Å²) >= 11 is 0. The first kappa shape index (κ1) is 11.3. The van der Waals surface area contributed by atoms with Crippen molar-refractivity contribution in [3.05, 3.63) is 23.8 Å². The average molecular weight is 218 g/mol. The number of nitrogens with two attached hydrogens (primary N) is 1. The maximum absolute atomic E-state index is 5.97. The van der Waals surface area contributed by atoms with Crippen molar-refractivity contribution in [1.82, 2.24) is 0 Å². The molecule has 1 aromatic carbocycles. The first-order valence-electron chi connectivity index (χ1n) is 6.20. The minimum atomic E-state index is 0.630. The van der Waals surface area contributed by atoms with Crippen molar-refractivity contribution in [1.29, 1.82) is 0 Å². The largest absolute Gasteiger partial charge is 0.398 e. The zero-order chi connectivity index (χ0) is 11.7. The van der Waals surface area contributed by atoms with Crippen LogP contribution in [-0.4, -0.2) is 12.6 Å². The molecule has 1 fully saturated rings. The van der Waals surface area contributed by atoms with E-state index in [9.17, 15) is 0 Å². The minimum Gasteiger partial charge on any atom is -0.398 e. The molecule has 2 unspecified atom stereocenters. The van der Waals surface area contributed by atoms with Crippen LogP contribution >= 0.6 is 0 Å². The van der Waals surface area contributed by atoms with Gasteiger partial charge in [0, 0.05) is 24.0 Å². The van der Waals surface area contributed by atoms with Gasteiger partial charge in [0.2, 0.25) is 0 Å². The predicted octanol–water partition coefficient (Wildman–Crippen LogP) is 3.20. The zero-order valence-corrected chi connectivity index (χ0v) is 10.5. The molecule has 1 aromatic rings. The van der Waals surface area contributed by atoms with E-state index >= 15 is 0 Å². The van der Waals surface area contributed by atoms with Gasteiger partial charge >= 0.3 is 0 Å². The van der Waals surface area contributed by atoms with Gasteiger partial charge in [0.1, 0.15) is 0 Å². The van der Waals surface area contributed by atoms with Crippen molar-refractivity contribution < 1.29 is 0 Å². The minimum absolute atomic E-state index is 0.630. The van der Waals surface area contributed by atoms with Gasteiger partial charge in [-0.25, -0.2) is 0 Å². The second kappa shape index (κ2) is 4.36. The molecule has 0 amide bonds. The van der Waals surface area contributed by atoms with Crippen LogP contribution in [0.5, 0.6) is 0 Å². The Bertz CT molecular complexity index is 373. The zero-order valence-electron chi connectivity index (χ0n) is 10.5. The number of aryl methyl sites for hydroxylation is 1. The van der Waals surface area contributed by atoms with E-state index in [1.54, 1.807) is 0 Å². The molecule has 16 heavy (non-hydrogen) atoms. The van der Waals surface area contributed by atoms with Gasteiger partial charge in [0.05, 0.1) is 0 Å². The molecule has 1 saturated heterocycles. The lowest BCUT2D eigenvalue weighted by Gasteiger charge is -2.38. The average Bonchev–Trinajstić information content (AvgIpc) is 2.22. The molecule has 0 bridgehead atoms. The molecule has 2 nitrogen and oxygen atoms in total. The van der Waals surface area contributed by atoms with Crippen LogP contribution in [0.3, 0.4) is 0 Å². The standard InChI is InChI=1S/C14H22N2/c1-10-6-7-16(12(3)8-10)13-5-4-11(2)14(15)9-13/h4-5,9-10,12H,6-8,15H2,1-3H3. The number of nitrogens with zero attached hydrogens (tertiary/aromatic N) is 1. The van der Waals surface area contributed by atoms with Gasteiger partial charge in [-0.3, -0.25) is 0 Å². The van der Waals surface area contributed by atoms with E-state index in [0.29, 0.717) is 6.04 Å². The third-order valence-electron chi connectivity index (χ3n) is 3.73. The number of anilines is 2. The molecule has 1 aliphatic heterocycles. The highest BCUT2D eigenvalue weighted by Crippen LogP contribution is 2.29. The lowest BCUT2D eigenvalue weighted by Crippen LogP contribution is -2.40. The normalized spacial score (nSPS) is 25.8. The molecule has 2 heteroatoms. The van der Waals surface area contributed by atoms with Gasteiger partial charge in [-0.1, -0.05) is 13.0 Å². The molecule has 0 spiro atoms. The van der Waals surface area contributed by atoms with Crippen molar-refractivity contribution in [3.8, 4) is 0 Å². The van der Waals surface area contributed by atoms with E-state index in [-0.39, 0.29) is 0 Å².